The number of halogens is 2. The summed E-state index contributed by atoms with van der Waals surface area (Å²) in [6.07, 6.45) is 2.84. The number of piperidine rings is 1. The summed E-state index contributed by atoms with van der Waals surface area (Å²) in [6, 6.07) is 3.00. The van der Waals surface area contributed by atoms with Gasteiger partial charge in [0.1, 0.15) is 11.5 Å². The summed E-state index contributed by atoms with van der Waals surface area (Å²) in [7, 11) is 0. The summed E-state index contributed by atoms with van der Waals surface area (Å²) in [4.78, 5) is 18.0. The first-order valence-corrected chi connectivity index (χ1v) is 9.11. The summed E-state index contributed by atoms with van der Waals surface area (Å²) in [6.45, 7) is 3.16. The van der Waals surface area contributed by atoms with Crippen molar-refractivity contribution in [3.8, 4) is 0 Å². The van der Waals surface area contributed by atoms with Crippen LogP contribution in [0.5, 0.6) is 0 Å². The fourth-order valence-corrected chi connectivity index (χ4v) is 3.49. The van der Waals surface area contributed by atoms with Gasteiger partial charge in [-0.3, -0.25) is 14.3 Å². The molecule has 0 atom stereocenters. The second kappa shape index (κ2) is 7.26. The van der Waals surface area contributed by atoms with Crippen molar-refractivity contribution in [1.82, 2.24) is 19.6 Å². The highest BCUT2D eigenvalue weighted by molar-refractivity contribution is 5.14. The number of alkyl halides is 2. The van der Waals surface area contributed by atoms with Crippen molar-refractivity contribution in [2.24, 2.45) is 5.92 Å². The van der Waals surface area contributed by atoms with Gasteiger partial charge >= 0.3 is 0 Å². The van der Waals surface area contributed by atoms with Crippen molar-refractivity contribution in [1.29, 1.82) is 0 Å². The Morgan fingerprint density at radius 3 is 2.62 bits per heavy atom. The van der Waals surface area contributed by atoms with E-state index in [1.54, 1.807) is 0 Å². The summed E-state index contributed by atoms with van der Waals surface area (Å²) < 4.78 is 32.0. The predicted molar refractivity (Wildman–Crippen MR) is 89.9 cm³/mol. The Morgan fingerprint density at radius 1 is 1.19 bits per heavy atom. The van der Waals surface area contributed by atoms with Crippen LogP contribution in [0.25, 0.3) is 0 Å². The number of hydrogen-bond acceptors (Lipinski definition) is 5. The van der Waals surface area contributed by atoms with Crippen molar-refractivity contribution < 1.29 is 13.3 Å². The molecule has 1 aliphatic carbocycles. The fraction of sp³-hybridized carbons (Fsp3) is 0.611. The maximum atomic E-state index is 12.6. The standard InChI is InChI=1S/C18H22F2N4O2/c19-18(20)15-8-17(25)24(11-21-15)9-12-3-5-23(6-4-12)10-14-7-16(26-22-14)13-1-2-13/h7-8,11-13,18H,1-6,9-10H2. The molecule has 2 fully saturated rings. The molecule has 6 nitrogen and oxygen atoms in total. The highest BCUT2D eigenvalue weighted by Gasteiger charge is 2.28. The van der Waals surface area contributed by atoms with Crippen LogP contribution >= 0.6 is 0 Å². The molecule has 8 heteroatoms. The Labute approximate surface area is 149 Å². The third-order valence-corrected chi connectivity index (χ3v) is 5.23. The molecule has 3 heterocycles. The highest BCUT2D eigenvalue weighted by atomic mass is 19.3. The van der Waals surface area contributed by atoms with Crippen LogP contribution in [0.4, 0.5) is 8.78 Å². The van der Waals surface area contributed by atoms with Gasteiger partial charge in [0, 0.05) is 31.1 Å². The van der Waals surface area contributed by atoms with E-state index < -0.39 is 17.7 Å². The molecule has 2 aromatic rings. The Hall–Kier alpha value is -2.09. The topological polar surface area (TPSA) is 64.2 Å². The van der Waals surface area contributed by atoms with Gasteiger partial charge in [0.2, 0.25) is 0 Å². The first-order valence-electron chi connectivity index (χ1n) is 9.11. The molecule has 0 amide bonds. The molecular weight excluding hydrogens is 342 g/mol. The Kier molecular flexibility index (Phi) is 4.84. The minimum absolute atomic E-state index is 0.350. The van der Waals surface area contributed by atoms with Gasteiger partial charge in [-0.15, -0.1) is 0 Å². The van der Waals surface area contributed by atoms with Crippen molar-refractivity contribution >= 4 is 0 Å². The average molecular weight is 364 g/mol. The molecule has 4 rings (SSSR count). The van der Waals surface area contributed by atoms with Crippen LogP contribution in [-0.2, 0) is 13.1 Å². The summed E-state index contributed by atoms with van der Waals surface area (Å²) in [5, 5.41) is 4.16. The van der Waals surface area contributed by atoms with Crippen LogP contribution in [0, 0.1) is 5.92 Å². The molecule has 2 aromatic heterocycles. The third-order valence-electron chi connectivity index (χ3n) is 5.23. The molecule has 1 saturated heterocycles. The lowest BCUT2D eigenvalue weighted by atomic mass is 9.96. The Bertz CT molecular complexity index is 808. The molecule has 0 unspecified atom stereocenters. The first kappa shape index (κ1) is 17.3. The van der Waals surface area contributed by atoms with Gasteiger partial charge < -0.3 is 4.52 Å². The van der Waals surface area contributed by atoms with Crippen molar-refractivity contribution in [2.75, 3.05) is 13.1 Å². The maximum Gasteiger partial charge on any atom is 0.280 e. The Balaban J connectivity index is 1.28. The molecule has 0 N–H and O–H groups in total. The number of nitrogens with zero attached hydrogens (tertiary/aromatic N) is 4. The van der Waals surface area contributed by atoms with E-state index in [9.17, 15) is 13.6 Å². The van der Waals surface area contributed by atoms with Gasteiger partial charge in [-0.1, -0.05) is 5.16 Å². The number of likely N-dealkylation sites (tertiary alicyclic amines) is 1. The monoisotopic (exact) mass is 364 g/mol. The smallest absolute Gasteiger partial charge is 0.280 e. The fourth-order valence-electron chi connectivity index (χ4n) is 3.49. The molecule has 0 radical (unpaired) electrons. The zero-order valence-electron chi connectivity index (χ0n) is 14.5. The van der Waals surface area contributed by atoms with Crippen LogP contribution in [0.1, 0.15) is 55.2 Å². The van der Waals surface area contributed by atoms with Crippen LogP contribution in [0.3, 0.4) is 0 Å². The first-order chi connectivity index (χ1) is 12.6. The zero-order valence-corrected chi connectivity index (χ0v) is 14.5. The van der Waals surface area contributed by atoms with Gasteiger partial charge in [0.05, 0.1) is 12.0 Å². The third kappa shape index (κ3) is 4.00. The molecule has 140 valence electrons. The van der Waals surface area contributed by atoms with E-state index in [4.69, 9.17) is 4.52 Å². The number of aromatic nitrogens is 3. The zero-order chi connectivity index (χ0) is 18.1. The molecule has 0 bridgehead atoms. The number of rotatable bonds is 6. The van der Waals surface area contributed by atoms with Gasteiger partial charge in [-0.2, -0.15) is 0 Å². The van der Waals surface area contributed by atoms with E-state index in [1.165, 1.54) is 23.7 Å². The van der Waals surface area contributed by atoms with E-state index in [0.29, 0.717) is 18.4 Å². The van der Waals surface area contributed by atoms with Gasteiger partial charge in [0.15, 0.2) is 0 Å². The summed E-state index contributed by atoms with van der Waals surface area (Å²) in [5.41, 5.74) is 0.112. The Morgan fingerprint density at radius 2 is 1.96 bits per heavy atom. The SMILES string of the molecule is O=c1cc(C(F)F)ncn1CC1CCN(Cc2cc(C3CC3)on2)CC1. The number of hydrogen-bond donors (Lipinski definition) is 0. The summed E-state index contributed by atoms with van der Waals surface area (Å²) >= 11 is 0. The molecule has 1 aliphatic heterocycles. The molecule has 0 aromatic carbocycles. The van der Waals surface area contributed by atoms with Crippen LogP contribution in [-0.4, -0.2) is 32.7 Å². The minimum atomic E-state index is -2.71. The highest BCUT2D eigenvalue weighted by Crippen LogP contribution is 2.40. The van der Waals surface area contributed by atoms with Gasteiger partial charge in [-0.25, -0.2) is 13.8 Å². The van der Waals surface area contributed by atoms with Crippen molar-refractivity contribution in [2.45, 2.75) is 51.1 Å². The van der Waals surface area contributed by atoms with E-state index in [2.05, 4.69) is 21.1 Å². The maximum absolute atomic E-state index is 12.6. The molecule has 0 spiro atoms. The lowest BCUT2D eigenvalue weighted by Crippen LogP contribution is -2.36. The largest absolute Gasteiger partial charge is 0.361 e. The molecule has 26 heavy (non-hydrogen) atoms. The van der Waals surface area contributed by atoms with Crippen LogP contribution < -0.4 is 5.56 Å². The lowest BCUT2D eigenvalue weighted by molar-refractivity contribution is 0.144. The average Bonchev–Trinajstić information content (AvgIpc) is 3.38. The quantitative estimate of drug-likeness (QED) is 0.789. The summed E-state index contributed by atoms with van der Waals surface area (Å²) in [5.74, 6) is 1.93. The normalized spacial score (nSPS) is 19.3. The van der Waals surface area contributed by atoms with E-state index >= 15 is 0 Å². The van der Waals surface area contributed by atoms with Crippen molar-refractivity contribution in [3.63, 3.8) is 0 Å². The van der Waals surface area contributed by atoms with E-state index in [0.717, 1.165) is 50.0 Å². The second-order valence-corrected chi connectivity index (χ2v) is 7.32. The molecule has 2 aliphatic rings. The van der Waals surface area contributed by atoms with Gasteiger partial charge in [-0.05, 0) is 44.7 Å². The van der Waals surface area contributed by atoms with E-state index in [-0.39, 0.29) is 0 Å². The molecule has 1 saturated carbocycles. The van der Waals surface area contributed by atoms with Crippen LogP contribution in [0.2, 0.25) is 0 Å². The van der Waals surface area contributed by atoms with Gasteiger partial charge in [0.25, 0.3) is 12.0 Å². The molecular formula is C18H22F2N4O2. The van der Waals surface area contributed by atoms with E-state index in [1.807, 2.05) is 0 Å². The minimum Gasteiger partial charge on any atom is -0.361 e. The predicted octanol–water partition coefficient (Wildman–Crippen LogP) is 2.96. The van der Waals surface area contributed by atoms with Crippen molar-refractivity contribution in [3.05, 3.63) is 46.0 Å². The van der Waals surface area contributed by atoms with Crippen LogP contribution in [0.15, 0.2) is 27.8 Å². The second-order valence-electron chi connectivity index (χ2n) is 7.32. The lowest BCUT2D eigenvalue weighted by Gasteiger charge is -2.31.